The van der Waals surface area contributed by atoms with E-state index in [1.807, 2.05) is 0 Å². The lowest BCUT2D eigenvalue weighted by Gasteiger charge is -2.38. The molecule has 5 atom stereocenters. The van der Waals surface area contributed by atoms with Crippen LogP contribution in [0.15, 0.2) is 0 Å². The van der Waals surface area contributed by atoms with Gasteiger partial charge in [-0.15, -0.1) is 0 Å². The summed E-state index contributed by atoms with van der Waals surface area (Å²) in [5, 5.41) is 0. The van der Waals surface area contributed by atoms with Crippen LogP contribution in [0.5, 0.6) is 0 Å². The fourth-order valence-electron chi connectivity index (χ4n) is 4.40. The summed E-state index contributed by atoms with van der Waals surface area (Å²) in [4.78, 5) is 0. The molecule has 16 heavy (non-hydrogen) atoms. The minimum Gasteiger partial charge on any atom is -0.0625 e. The maximum Gasteiger partial charge on any atom is -0.0357 e. The average Bonchev–Trinajstić information content (AvgIpc) is 2.61. The first-order chi connectivity index (χ1) is 7.49. The highest BCUT2D eigenvalue weighted by Crippen LogP contribution is 2.52. The fourth-order valence-corrected chi connectivity index (χ4v) is 4.40. The second-order valence-corrected chi connectivity index (χ2v) is 7.35. The van der Waals surface area contributed by atoms with Crippen molar-refractivity contribution >= 4 is 0 Å². The van der Waals surface area contributed by atoms with Gasteiger partial charge in [0.05, 0.1) is 0 Å². The maximum atomic E-state index is 2.52. The summed E-state index contributed by atoms with van der Waals surface area (Å²) >= 11 is 0. The van der Waals surface area contributed by atoms with E-state index in [1.165, 1.54) is 25.7 Å². The van der Waals surface area contributed by atoms with Crippen LogP contribution >= 0.6 is 0 Å². The zero-order valence-corrected chi connectivity index (χ0v) is 11.9. The van der Waals surface area contributed by atoms with Gasteiger partial charge in [0.2, 0.25) is 0 Å². The van der Waals surface area contributed by atoms with E-state index in [0.717, 1.165) is 41.4 Å². The van der Waals surface area contributed by atoms with E-state index in [2.05, 4.69) is 34.6 Å². The van der Waals surface area contributed by atoms with Gasteiger partial charge in [-0.05, 0) is 67.1 Å². The highest BCUT2D eigenvalue weighted by Gasteiger charge is 2.43. The van der Waals surface area contributed by atoms with Crippen LogP contribution in [0.4, 0.5) is 0 Å². The van der Waals surface area contributed by atoms with Crippen LogP contribution in [0.25, 0.3) is 0 Å². The maximum absolute atomic E-state index is 2.52. The van der Waals surface area contributed by atoms with Gasteiger partial charge in [-0.2, -0.15) is 0 Å². The Balaban J connectivity index is 2.01. The SMILES string of the molecule is CC(C)C1CC(C)C2CC(C(C)C)CC2C1. The Kier molecular flexibility index (Phi) is 3.66. The van der Waals surface area contributed by atoms with Crippen LogP contribution < -0.4 is 0 Å². The van der Waals surface area contributed by atoms with Gasteiger partial charge < -0.3 is 0 Å². The molecular weight excluding hydrogens is 192 g/mol. The number of hydrogen-bond donors (Lipinski definition) is 0. The molecule has 2 saturated carbocycles. The van der Waals surface area contributed by atoms with Crippen molar-refractivity contribution in [3.63, 3.8) is 0 Å². The van der Waals surface area contributed by atoms with Crippen LogP contribution in [0, 0.1) is 41.4 Å². The second-order valence-electron chi connectivity index (χ2n) is 7.35. The summed E-state index contributed by atoms with van der Waals surface area (Å²) in [6.07, 6.45) is 6.11. The molecule has 5 unspecified atom stereocenters. The first-order valence-electron chi connectivity index (χ1n) is 7.49. The number of rotatable bonds is 2. The molecule has 0 aromatic heterocycles. The fraction of sp³-hybridized carbons (Fsp3) is 1.00. The van der Waals surface area contributed by atoms with Crippen molar-refractivity contribution < 1.29 is 0 Å². The van der Waals surface area contributed by atoms with E-state index < -0.39 is 0 Å². The summed E-state index contributed by atoms with van der Waals surface area (Å²) in [6, 6.07) is 0. The van der Waals surface area contributed by atoms with E-state index in [1.54, 1.807) is 0 Å². The van der Waals surface area contributed by atoms with Crippen molar-refractivity contribution in [2.75, 3.05) is 0 Å². The lowest BCUT2D eigenvalue weighted by atomic mass is 9.67. The van der Waals surface area contributed by atoms with Crippen molar-refractivity contribution in [1.82, 2.24) is 0 Å². The molecule has 2 rings (SSSR count). The zero-order valence-electron chi connectivity index (χ0n) is 11.9. The number of hydrogen-bond acceptors (Lipinski definition) is 0. The van der Waals surface area contributed by atoms with Crippen LogP contribution in [0.2, 0.25) is 0 Å². The first-order valence-corrected chi connectivity index (χ1v) is 7.49. The van der Waals surface area contributed by atoms with Crippen molar-refractivity contribution in [3.8, 4) is 0 Å². The van der Waals surface area contributed by atoms with Gasteiger partial charge in [0.15, 0.2) is 0 Å². The zero-order chi connectivity index (χ0) is 11.9. The van der Waals surface area contributed by atoms with Crippen molar-refractivity contribution in [2.45, 2.75) is 60.3 Å². The highest BCUT2D eigenvalue weighted by molar-refractivity contribution is 4.93. The van der Waals surface area contributed by atoms with E-state index in [9.17, 15) is 0 Å². The molecule has 0 amide bonds. The molecule has 0 aromatic carbocycles. The summed E-state index contributed by atoms with van der Waals surface area (Å²) in [5.41, 5.74) is 0. The van der Waals surface area contributed by atoms with Crippen LogP contribution in [-0.2, 0) is 0 Å². The predicted molar refractivity (Wildman–Crippen MR) is 71.3 cm³/mol. The largest absolute Gasteiger partial charge is 0.0625 e. The van der Waals surface area contributed by atoms with Gasteiger partial charge in [0.1, 0.15) is 0 Å². The lowest BCUT2D eigenvalue weighted by Crippen LogP contribution is -2.30. The molecule has 2 aliphatic carbocycles. The third kappa shape index (κ3) is 2.31. The molecule has 0 aromatic rings. The molecule has 0 spiro atoms. The predicted octanol–water partition coefficient (Wildman–Crippen LogP) is 4.99. The van der Waals surface area contributed by atoms with Crippen LogP contribution in [0.3, 0.4) is 0 Å². The highest BCUT2D eigenvalue weighted by atomic mass is 14.5. The molecule has 0 radical (unpaired) electrons. The Labute approximate surface area is 102 Å². The normalized spacial score (nSPS) is 44.1. The molecule has 2 aliphatic rings. The van der Waals surface area contributed by atoms with Gasteiger partial charge in [-0.25, -0.2) is 0 Å². The monoisotopic (exact) mass is 222 g/mol. The average molecular weight is 222 g/mol. The standard InChI is InChI=1S/C16H30/c1-10(2)13-6-12(5)16-9-14(11(3)4)8-15(16)7-13/h10-16H,6-9H2,1-5H3. The Morgan fingerprint density at radius 2 is 1.25 bits per heavy atom. The van der Waals surface area contributed by atoms with Crippen LogP contribution in [0.1, 0.15) is 60.3 Å². The van der Waals surface area contributed by atoms with E-state index in [-0.39, 0.29) is 0 Å². The molecule has 0 bridgehead atoms. The Morgan fingerprint density at radius 1 is 0.750 bits per heavy atom. The van der Waals surface area contributed by atoms with E-state index in [0.29, 0.717) is 0 Å². The summed E-state index contributed by atoms with van der Waals surface area (Å²) in [6.45, 7) is 12.2. The van der Waals surface area contributed by atoms with Gasteiger partial charge in [0, 0.05) is 0 Å². The number of fused-ring (bicyclic) bond motifs is 1. The Morgan fingerprint density at radius 3 is 1.75 bits per heavy atom. The Bertz CT molecular complexity index is 228. The van der Waals surface area contributed by atoms with Gasteiger partial charge in [-0.3, -0.25) is 0 Å². The molecular formula is C16H30. The topological polar surface area (TPSA) is 0 Å². The second kappa shape index (κ2) is 4.70. The Hall–Kier alpha value is 0. The molecule has 0 heteroatoms. The van der Waals surface area contributed by atoms with E-state index in [4.69, 9.17) is 0 Å². The summed E-state index contributed by atoms with van der Waals surface area (Å²) in [5.74, 6) is 7.00. The van der Waals surface area contributed by atoms with Gasteiger partial charge in [-0.1, -0.05) is 34.6 Å². The molecule has 0 saturated heterocycles. The third-order valence-corrected chi connectivity index (χ3v) is 5.68. The minimum absolute atomic E-state index is 0.904. The van der Waals surface area contributed by atoms with Crippen molar-refractivity contribution in [1.29, 1.82) is 0 Å². The van der Waals surface area contributed by atoms with E-state index >= 15 is 0 Å². The lowest BCUT2D eigenvalue weighted by molar-refractivity contribution is 0.114. The van der Waals surface area contributed by atoms with Crippen molar-refractivity contribution in [3.05, 3.63) is 0 Å². The molecule has 0 heterocycles. The van der Waals surface area contributed by atoms with Crippen LogP contribution in [-0.4, -0.2) is 0 Å². The van der Waals surface area contributed by atoms with Gasteiger partial charge >= 0.3 is 0 Å². The minimum atomic E-state index is 0.904. The molecule has 2 fully saturated rings. The molecule has 0 nitrogen and oxygen atoms in total. The summed E-state index contributed by atoms with van der Waals surface area (Å²) in [7, 11) is 0. The smallest absolute Gasteiger partial charge is 0.0357 e. The third-order valence-electron chi connectivity index (χ3n) is 5.68. The molecule has 94 valence electrons. The van der Waals surface area contributed by atoms with Gasteiger partial charge in [0.25, 0.3) is 0 Å². The molecule has 0 N–H and O–H groups in total. The summed E-state index contributed by atoms with van der Waals surface area (Å²) < 4.78 is 0. The van der Waals surface area contributed by atoms with Crippen molar-refractivity contribution in [2.24, 2.45) is 41.4 Å². The first kappa shape index (κ1) is 12.5. The quantitative estimate of drug-likeness (QED) is 0.617. The molecule has 0 aliphatic heterocycles.